The van der Waals surface area contributed by atoms with Gasteiger partial charge in [0.2, 0.25) is 0 Å². The summed E-state index contributed by atoms with van der Waals surface area (Å²) in [6.45, 7) is 4.63. The first-order chi connectivity index (χ1) is 8.31. The second kappa shape index (κ2) is 4.69. The van der Waals surface area contributed by atoms with Gasteiger partial charge in [0.25, 0.3) is 0 Å². The van der Waals surface area contributed by atoms with Crippen LogP contribution in [0.4, 0.5) is 5.69 Å². The highest BCUT2D eigenvalue weighted by Crippen LogP contribution is 2.27. The molecule has 1 atom stereocenters. The quantitative estimate of drug-likeness (QED) is 0.834. The molecule has 17 heavy (non-hydrogen) atoms. The molecule has 1 unspecified atom stereocenters. The number of hydrogen-bond donors (Lipinski definition) is 2. The number of rotatable bonds is 3. The third kappa shape index (κ3) is 2.47. The molecule has 92 valence electrons. The van der Waals surface area contributed by atoms with Crippen molar-refractivity contribution in [1.29, 1.82) is 0 Å². The first kappa shape index (κ1) is 11.1. The van der Waals surface area contributed by atoms with Crippen molar-refractivity contribution in [3.05, 3.63) is 29.8 Å². The molecule has 2 aliphatic rings. The predicted octanol–water partition coefficient (Wildman–Crippen LogP) is 2.66. The van der Waals surface area contributed by atoms with E-state index in [1.54, 1.807) is 0 Å². The zero-order valence-corrected chi connectivity index (χ0v) is 10.6. The summed E-state index contributed by atoms with van der Waals surface area (Å²) >= 11 is 0. The van der Waals surface area contributed by atoms with Gasteiger partial charge in [-0.05, 0) is 42.7 Å². The maximum atomic E-state index is 3.71. The molecule has 0 bridgehead atoms. The van der Waals surface area contributed by atoms with Gasteiger partial charge in [0.1, 0.15) is 0 Å². The normalized spacial score (nSPS) is 31.2. The second-order valence-corrected chi connectivity index (χ2v) is 5.79. The van der Waals surface area contributed by atoms with Gasteiger partial charge in [-0.2, -0.15) is 0 Å². The molecule has 1 aliphatic carbocycles. The maximum absolute atomic E-state index is 3.71. The summed E-state index contributed by atoms with van der Waals surface area (Å²) in [5, 5.41) is 7.25. The minimum Gasteiger partial charge on any atom is -0.384 e. The highest BCUT2D eigenvalue weighted by atomic mass is 15.0. The smallest absolute Gasteiger partial charge is 0.0372 e. The van der Waals surface area contributed by atoms with E-state index in [-0.39, 0.29) is 0 Å². The first-order valence-corrected chi connectivity index (χ1v) is 6.86. The molecule has 0 radical (unpaired) electrons. The lowest BCUT2D eigenvalue weighted by Crippen LogP contribution is -2.44. The first-order valence-electron chi connectivity index (χ1n) is 6.86. The van der Waals surface area contributed by atoms with Gasteiger partial charge in [0.05, 0.1) is 0 Å². The molecule has 3 rings (SSSR count). The Bertz CT molecular complexity index is 382. The van der Waals surface area contributed by atoms with E-state index < -0.39 is 0 Å². The molecule has 1 heterocycles. The summed E-state index contributed by atoms with van der Waals surface area (Å²) in [7, 11) is 0. The minimum atomic E-state index is 0.751. The van der Waals surface area contributed by atoms with Crippen LogP contribution in [0.25, 0.3) is 0 Å². The summed E-state index contributed by atoms with van der Waals surface area (Å²) in [6, 6.07) is 9.48. The van der Waals surface area contributed by atoms with Gasteiger partial charge in [0.15, 0.2) is 0 Å². The van der Waals surface area contributed by atoms with E-state index >= 15 is 0 Å². The van der Waals surface area contributed by atoms with Crippen LogP contribution in [-0.2, 0) is 6.42 Å². The van der Waals surface area contributed by atoms with Gasteiger partial charge in [-0.15, -0.1) is 0 Å². The van der Waals surface area contributed by atoms with Crippen molar-refractivity contribution < 1.29 is 0 Å². The number of hydrogen-bond acceptors (Lipinski definition) is 2. The highest BCUT2D eigenvalue weighted by molar-refractivity contribution is 5.53. The molecule has 1 fully saturated rings. The van der Waals surface area contributed by atoms with Gasteiger partial charge in [-0.1, -0.05) is 25.1 Å². The average Bonchev–Trinajstić information content (AvgIpc) is 2.33. The molecule has 0 spiro atoms. The number of fused-ring (bicyclic) bond motifs is 1. The Morgan fingerprint density at radius 3 is 2.94 bits per heavy atom. The zero-order chi connectivity index (χ0) is 11.7. The van der Waals surface area contributed by atoms with E-state index in [9.17, 15) is 0 Å². The molecule has 2 nitrogen and oxygen atoms in total. The Labute approximate surface area is 104 Å². The summed E-state index contributed by atoms with van der Waals surface area (Å²) in [6.07, 6.45) is 3.96. The molecular weight excluding hydrogens is 208 g/mol. The summed E-state index contributed by atoms with van der Waals surface area (Å²) in [5.74, 6) is 1.69. The molecule has 1 saturated carbocycles. The summed E-state index contributed by atoms with van der Waals surface area (Å²) in [5.41, 5.74) is 2.81. The Hall–Kier alpha value is -1.02. The van der Waals surface area contributed by atoms with Gasteiger partial charge in [0, 0.05) is 24.8 Å². The lowest BCUT2D eigenvalue weighted by atomic mass is 9.81. The molecule has 2 N–H and O–H groups in total. The van der Waals surface area contributed by atoms with Crippen LogP contribution in [0.2, 0.25) is 0 Å². The van der Waals surface area contributed by atoms with Crippen LogP contribution in [0, 0.1) is 11.8 Å². The third-order valence-corrected chi connectivity index (χ3v) is 4.18. The van der Waals surface area contributed by atoms with Gasteiger partial charge >= 0.3 is 0 Å². The van der Waals surface area contributed by atoms with Crippen molar-refractivity contribution >= 4 is 5.69 Å². The van der Waals surface area contributed by atoms with Crippen LogP contribution < -0.4 is 10.6 Å². The van der Waals surface area contributed by atoms with Crippen molar-refractivity contribution in [2.45, 2.75) is 32.2 Å². The summed E-state index contributed by atoms with van der Waals surface area (Å²) in [4.78, 5) is 0. The maximum Gasteiger partial charge on any atom is 0.0372 e. The Morgan fingerprint density at radius 2 is 2.12 bits per heavy atom. The van der Waals surface area contributed by atoms with Crippen LogP contribution in [0.15, 0.2) is 24.3 Å². The predicted molar refractivity (Wildman–Crippen MR) is 72.3 cm³/mol. The molecule has 1 aromatic rings. The fourth-order valence-corrected chi connectivity index (χ4v) is 3.05. The van der Waals surface area contributed by atoms with Crippen molar-refractivity contribution in [3.8, 4) is 0 Å². The van der Waals surface area contributed by atoms with Gasteiger partial charge in [-0.3, -0.25) is 0 Å². The molecule has 1 aliphatic heterocycles. The third-order valence-electron chi connectivity index (χ3n) is 4.18. The number of para-hydroxylation sites is 1. The Balaban J connectivity index is 1.50. The van der Waals surface area contributed by atoms with E-state index in [1.165, 1.54) is 37.1 Å². The van der Waals surface area contributed by atoms with Crippen LogP contribution in [-0.4, -0.2) is 19.1 Å². The van der Waals surface area contributed by atoms with Crippen molar-refractivity contribution in [2.75, 3.05) is 18.4 Å². The van der Waals surface area contributed by atoms with Crippen LogP contribution >= 0.6 is 0 Å². The standard InChI is InChI=1S/C15H22N2/c1-11-6-14(7-11)16-9-12-8-13-4-2-3-5-15(13)17-10-12/h2-5,11-12,14,16-17H,6-10H2,1H3. The molecule has 0 aromatic heterocycles. The van der Waals surface area contributed by atoms with E-state index in [4.69, 9.17) is 0 Å². The second-order valence-electron chi connectivity index (χ2n) is 5.79. The van der Waals surface area contributed by atoms with E-state index in [0.29, 0.717) is 0 Å². The molecular formula is C15H22N2. The molecule has 2 heteroatoms. The Morgan fingerprint density at radius 1 is 1.29 bits per heavy atom. The molecule has 0 saturated heterocycles. The SMILES string of the molecule is CC1CC(NCC2CNc3ccccc3C2)C1. The van der Waals surface area contributed by atoms with Gasteiger partial charge < -0.3 is 10.6 Å². The lowest BCUT2D eigenvalue weighted by Gasteiger charge is -2.35. The number of anilines is 1. The van der Waals surface area contributed by atoms with Crippen LogP contribution in [0.3, 0.4) is 0 Å². The number of nitrogens with one attached hydrogen (secondary N) is 2. The van der Waals surface area contributed by atoms with Gasteiger partial charge in [-0.25, -0.2) is 0 Å². The van der Waals surface area contributed by atoms with E-state index in [1.807, 2.05) is 0 Å². The average molecular weight is 230 g/mol. The topological polar surface area (TPSA) is 24.1 Å². The molecule has 1 aromatic carbocycles. The number of benzene rings is 1. The fourth-order valence-electron chi connectivity index (χ4n) is 3.05. The van der Waals surface area contributed by atoms with Crippen LogP contribution in [0.5, 0.6) is 0 Å². The molecule has 0 amide bonds. The van der Waals surface area contributed by atoms with Crippen LogP contribution in [0.1, 0.15) is 25.3 Å². The zero-order valence-electron chi connectivity index (χ0n) is 10.6. The fraction of sp³-hybridized carbons (Fsp3) is 0.600. The largest absolute Gasteiger partial charge is 0.384 e. The summed E-state index contributed by atoms with van der Waals surface area (Å²) < 4.78 is 0. The van der Waals surface area contributed by atoms with Crippen molar-refractivity contribution in [3.63, 3.8) is 0 Å². The van der Waals surface area contributed by atoms with E-state index in [0.717, 1.165) is 24.4 Å². The highest BCUT2D eigenvalue weighted by Gasteiger charge is 2.26. The monoisotopic (exact) mass is 230 g/mol. The van der Waals surface area contributed by atoms with Crippen molar-refractivity contribution in [2.24, 2.45) is 11.8 Å². The minimum absolute atomic E-state index is 0.751. The van der Waals surface area contributed by atoms with E-state index in [2.05, 4.69) is 41.8 Å². The lowest BCUT2D eigenvalue weighted by molar-refractivity contribution is 0.232. The Kier molecular flexibility index (Phi) is 3.06. The van der Waals surface area contributed by atoms with Crippen molar-refractivity contribution in [1.82, 2.24) is 5.32 Å².